The molecule has 0 spiro atoms. The first-order valence-electron chi connectivity index (χ1n) is 8.19. The van der Waals surface area contributed by atoms with Gasteiger partial charge in [0.25, 0.3) is 0 Å². The maximum atomic E-state index is 11.7. The fourth-order valence-electron chi connectivity index (χ4n) is 2.23. The highest BCUT2D eigenvalue weighted by Gasteiger charge is 2.16. The summed E-state index contributed by atoms with van der Waals surface area (Å²) < 4.78 is 10.5. The zero-order chi connectivity index (χ0) is 18.3. The first-order chi connectivity index (χ1) is 11.9. The van der Waals surface area contributed by atoms with Gasteiger partial charge in [-0.2, -0.15) is 0 Å². The second-order valence-electron chi connectivity index (χ2n) is 6.55. The minimum atomic E-state index is -0.530. The molecule has 2 N–H and O–H groups in total. The second kappa shape index (κ2) is 8.37. The molecule has 6 heteroatoms. The Bertz CT molecular complexity index is 694. The minimum absolute atomic E-state index is 0.494. The SMILES string of the molecule is COc1ccccc1CCNc1ccc(NC(=O)OC(C)(C)C)cn1. The van der Waals surface area contributed by atoms with Crippen LogP contribution in [-0.2, 0) is 11.2 Å². The van der Waals surface area contributed by atoms with Crippen LogP contribution in [0.4, 0.5) is 16.3 Å². The van der Waals surface area contributed by atoms with E-state index in [0.717, 1.165) is 30.1 Å². The molecule has 1 aromatic heterocycles. The van der Waals surface area contributed by atoms with Crippen LogP contribution < -0.4 is 15.4 Å². The van der Waals surface area contributed by atoms with Gasteiger partial charge in [0.15, 0.2) is 0 Å². The van der Waals surface area contributed by atoms with E-state index in [-0.39, 0.29) is 0 Å². The van der Waals surface area contributed by atoms with Gasteiger partial charge >= 0.3 is 6.09 Å². The van der Waals surface area contributed by atoms with E-state index in [4.69, 9.17) is 9.47 Å². The van der Waals surface area contributed by atoms with Crippen LogP contribution in [0.25, 0.3) is 0 Å². The molecule has 134 valence electrons. The summed E-state index contributed by atoms with van der Waals surface area (Å²) in [5.74, 6) is 1.62. The van der Waals surface area contributed by atoms with Crippen LogP contribution in [0.2, 0.25) is 0 Å². The van der Waals surface area contributed by atoms with Gasteiger partial charge in [-0.3, -0.25) is 5.32 Å². The van der Waals surface area contributed by atoms with Crippen LogP contribution in [0.5, 0.6) is 5.75 Å². The van der Waals surface area contributed by atoms with E-state index >= 15 is 0 Å². The van der Waals surface area contributed by atoms with Crippen molar-refractivity contribution in [3.8, 4) is 5.75 Å². The van der Waals surface area contributed by atoms with E-state index < -0.39 is 11.7 Å². The van der Waals surface area contributed by atoms with Crippen molar-refractivity contribution in [2.45, 2.75) is 32.8 Å². The Balaban J connectivity index is 1.83. The van der Waals surface area contributed by atoms with Crippen molar-refractivity contribution in [1.29, 1.82) is 0 Å². The lowest BCUT2D eigenvalue weighted by molar-refractivity contribution is 0.0636. The molecule has 2 aromatic rings. The summed E-state index contributed by atoms with van der Waals surface area (Å²) in [6.07, 6.45) is 1.92. The summed E-state index contributed by atoms with van der Waals surface area (Å²) in [7, 11) is 1.67. The van der Waals surface area contributed by atoms with Gasteiger partial charge in [0, 0.05) is 6.54 Å². The quantitative estimate of drug-likeness (QED) is 0.826. The first-order valence-corrected chi connectivity index (χ1v) is 8.19. The summed E-state index contributed by atoms with van der Waals surface area (Å²) >= 11 is 0. The van der Waals surface area contributed by atoms with Crippen LogP contribution in [0.1, 0.15) is 26.3 Å². The summed E-state index contributed by atoms with van der Waals surface area (Å²) in [5.41, 5.74) is 1.20. The summed E-state index contributed by atoms with van der Waals surface area (Å²) in [6.45, 7) is 6.19. The number of ether oxygens (including phenoxy) is 2. The number of carbonyl (C=O) groups excluding carboxylic acids is 1. The van der Waals surface area contributed by atoms with Crippen molar-refractivity contribution in [2.24, 2.45) is 0 Å². The molecule has 1 aromatic carbocycles. The summed E-state index contributed by atoms with van der Waals surface area (Å²) in [4.78, 5) is 16.0. The van der Waals surface area contributed by atoms with Crippen molar-refractivity contribution >= 4 is 17.6 Å². The summed E-state index contributed by atoms with van der Waals surface area (Å²) in [5, 5.41) is 5.91. The number of aromatic nitrogens is 1. The van der Waals surface area contributed by atoms with Crippen LogP contribution in [0.15, 0.2) is 42.6 Å². The molecular formula is C19H25N3O3. The predicted octanol–water partition coefficient (Wildman–Crippen LogP) is 4.09. The fraction of sp³-hybridized carbons (Fsp3) is 0.368. The zero-order valence-electron chi connectivity index (χ0n) is 15.1. The molecule has 0 radical (unpaired) electrons. The lowest BCUT2D eigenvalue weighted by Crippen LogP contribution is -2.27. The Kier molecular flexibility index (Phi) is 6.22. The molecule has 0 aliphatic carbocycles. The number of pyridine rings is 1. The molecule has 0 bridgehead atoms. The van der Waals surface area contributed by atoms with Gasteiger partial charge in [0.05, 0.1) is 19.0 Å². The molecule has 0 unspecified atom stereocenters. The van der Waals surface area contributed by atoms with Crippen molar-refractivity contribution in [1.82, 2.24) is 4.98 Å². The number of rotatable bonds is 6. The normalized spacial score (nSPS) is 10.9. The molecule has 0 aliphatic rings. The van der Waals surface area contributed by atoms with Gasteiger partial charge in [-0.15, -0.1) is 0 Å². The van der Waals surface area contributed by atoms with E-state index in [0.29, 0.717) is 5.69 Å². The van der Waals surface area contributed by atoms with Crippen LogP contribution >= 0.6 is 0 Å². The standard InChI is InChI=1S/C19H25N3O3/c1-19(2,3)25-18(23)22-15-9-10-17(21-13-15)20-12-11-14-7-5-6-8-16(14)24-4/h5-10,13H,11-12H2,1-4H3,(H,20,21)(H,22,23). The third-order valence-corrected chi connectivity index (χ3v) is 3.30. The smallest absolute Gasteiger partial charge is 0.412 e. The lowest BCUT2D eigenvalue weighted by atomic mass is 10.1. The molecule has 0 saturated heterocycles. The molecule has 0 fully saturated rings. The maximum absolute atomic E-state index is 11.7. The van der Waals surface area contributed by atoms with E-state index in [1.165, 1.54) is 0 Å². The Hall–Kier alpha value is -2.76. The topological polar surface area (TPSA) is 72.5 Å². The minimum Gasteiger partial charge on any atom is -0.496 e. The van der Waals surface area contributed by atoms with Crippen LogP contribution in [-0.4, -0.2) is 30.3 Å². The van der Waals surface area contributed by atoms with Crippen molar-refractivity contribution in [3.63, 3.8) is 0 Å². The van der Waals surface area contributed by atoms with Gasteiger partial charge in [-0.25, -0.2) is 9.78 Å². The van der Waals surface area contributed by atoms with Gasteiger partial charge in [-0.1, -0.05) is 18.2 Å². The molecule has 1 heterocycles. The molecule has 0 atom stereocenters. The first kappa shape index (κ1) is 18.6. The molecule has 25 heavy (non-hydrogen) atoms. The van der Waals surface area contributed by atoms with E-state index in [1.807, 2.05) is 51.1 Å². The highest BCUT2D eigenvalue weighted by atomic mass is 16.6. The number of nitrogens with one attached hydrogen (secondary N) is 2. The average Bonchev–Trinajstić information content (AvgIpc) is 2.55. The van der Waals surface area contributed by atoms with E-state index in [9.17, 15) is 4.79 Å². The monoisotopic (exact) mass is 343 g/mol. The Morgan fingerprint density at radius 3 is 2.56 bits per heavy atom. The Labute approximate surface area is 148 Å². The third-order valence-electron chi connectivity index (χ3n) is 3.30. The second-order valence-corrected chi connectivity index (χ2v) is 6.55. The average molecular weight is 343 g/mol. The molecular weight excluding hydrogens is 318 g/mol. The molecule has 0 aliphatic heterocycles. The number of nitrogens with zero attached hydrogens (tertiary/aromatic N) is 1. The fourth-order valence-corrected chi connectivity index (χ4v) is 2.23. The Morgan fingerprint density at radius 2 is 1.92 bits per heavy atom. The number of anilines is 2. The van der Waals surface area contributed by atoms with Gasteiger partial charge in [0.1, 0.15) is 17.2 Å². The molecule has 6 nitrogen and oxygen atoms in total. The van der Waals surface area contributed by atoms with E-state index in [1.54, 1.807) is 19.4 Å². The lowest BCUT2D eigenvalue weighted by Gasteiger charge is -2.19. The van der Waals surface area contributed by atoms with Gasteiger partial charge < -0.3 is 14.8 Å². The predicted molar refractivity (Wildman–Crippen MR) is 99.3 cm³/mol. The number of para-hydroxylation sites is 1. The van der Waals surface area contributed by atoms with E-state index in [2.05, 4.69) is 15.6 Å². The number of methoxy groups -OCH3 is 1. The van der Waals surface area contributed by atoms with Crippen molar-refractivity contribution in [3.05, 3.63) is 48.2 Å². The number of hydrogen-bond donors (Lipinski definition) is 2. The van der Waals surface area contributed by atoms with Crippen molar-refractivity contribution < 1.29 is 14.3 Å². The number of benzene rings is 1. The highest BCUT2D eigenvalue weighted by molar-refractivity contribution is 5.84. The van der Waals surface area contributed by atoms with Gasteiger partial charge in [-0.05, 0) is 51.0 Å². The summed E-state index contributed by atoms with van der Waals surface area (Å²) in [6, 6.07) is 11.5. The maximum Gasteiger partial charge on any atom is 0.412 e. The van der Waals surface area contributed by atoms with Crippen LogP contribution in [0, 0.1) is 0 Å². The van der Waals surface area contributed by atoms with Gasteiger partial charge in [0.2, 0.25) is 0 Å². The number of carbonyl (C=O) groups is 1. The zero-order valence-corrected chi connectivity index (χ0v) is 15.1. The molecule has 2 rings (SSSR count). The third kappa shape index (κ3) is 6.33. The van der Waals surface area contributed by atoms with Crippen LogP contribution in [0.3, 0.4) is 0 Å². The molecule has 0 saturated carbocycles. The van der Waals surface area contributed by atoms with Crippen molar-refractivity contribution in [2.75, 3.05) is 24.3 Å². The number of amides is 1. The largest absolute Gasteiger partial charge is 0.496 e. The molecule has 1 amide bonds. The number of hydrogen-bond acceptors (Lipinski definition) is 5. The Morgan fingerprint density at radius 1 is 1.16 bits per heavy atom. The highest BCUT2D eigenvalue weighted by Crippen LogP contribution is 2.18.